The van der Waals surface area contributed by atoms with Crippen molar-refractivity contribution in [3.8, 4) is 0 Å². The van der Waals surface area contributed by atoms with Gasteiger partial charge < -0.3 is 55.1 Å². The van der Waals surface area contributed by atoms with E-state index in [0.717, 1.165) is 6.33 Å². The summed E-state index contributed by atoms with van der Waals surface area (Å²) in [4.78, 5) is 31.7. The second kappa shape index (κ2) is 9.92. The molecule has 36 heavy (non-hydrogen) atoms. The monoisotopic (exact) mass is 555 g/mol. The van der Waals surface area contributed by atoms with E-state index in [1.54, 1.807) is 0 Å². The van der Waals surface area contributed by atoms with Gasteiger partial charge in [-0.25, -0.2) is 15.0 Å². The second-order valence-corrected chi connectivity index (χ2v) is 12.1. The fourth-order valence-electron chi connectivity index (χ4n) is 3.49. The molecule has 8 atom stereocenters. The highest BCUT2D eigenvalue weighted by Crippen LogP contribution is 2.58. The summed E-state index contributed by atoms with van der Waals surface area (Å²) in [7, 11) is -9.65. The molecule has 1 fully saturated rings. The number of hydrogen-bond donors (Lipinski definition) is 8. The molecule has 0 bridgehead atoms. The van der Waals surface area contributed by atoms with Gasteiger partial charge >= 0.3 is 15.2 Å². The minimum absolute atomic E-state index is 0.0712. The molecule has 2 unspecified atom stereocenters. The lowest BCUT2D eigenvalue weighted by Crippen LogP contribution is -2.33. The van der Waals surface area contributed by atoms with Gasteiger partial charge in [-0.2, -0.15) is 0 Å². The molecular weight excluding hydrogens is 532 g/mol. The van der Waals surface area contributed by atoms with Crippen LogP contribution in [-0.2, 0) is 27.7 Å². The Kier molecular flexibility index (Phi) is 7.40. The first-order valence-electron chi connectivity index (χ1n) is 10.1. The van der Waals surface area contributed by atoms with E-state index < -0.39 is 82.8 Å². The van der Waals surface area contributed by atoms with Crippen molar-refractivity contribution in [3.05, 3.63) is 24.2 Å². The maximum atomic E-state index is 12.4. The van der Waals surface area contributed by atoms with Crippen LogP contribution in [0.2, 0.25) is 0 Å². The molecule has 0 amide bonds. The molecule has 0 radical (unpaired) electrons. The minimum atomic E-state index is -4.82. The molecule has 9 N–H and O–H groups in total. The van der Waals surface area contributed by atoms with E-state index in [4.69, 9.17) is 15.0 Å². The van der Waals surface area contributed by atoms with Crippen molar-refractivity contribution in [2.45, 2.75) is 36.9 Å². The van der Waals surface area contributed by atoms with Crippen LogP contribution < -0.4 is 5.73 Å². The highest BCUT2D eigenvalue weighted by molar-refractivity contribution is 7.70. The zero-order valence-corrected chi connectivity index (χ0v) is 19.9. The Hall–Kier alpha value is -2.21. The molecule has 1 saturated heterocycles. The molecule has 18 nitrogen and oxygen atoms in total. The number of nitrogens with two attached hydrogens (primary N) is 1. The Bertz CT molecular complexity index is 1260. The van der Waals surface area contributed by atoms with Gasteiger partial charge in [0, 0.05) is 0 Å². The normalized spacial score (nSPS) is 31.9. The Morgan fingerprint density at radius 1 is 1.06 bits per heavy atom. The predicted molar refractivity (Wildman–Crippen MR) is 115 cm³/mol. The van der Waals surface area contributed by atoms with Crippen molar-refractivity contribution in [2.24, 2.45) is 0 Å². The SMILES string of the molecule is Nc1ncnc2c1ncn2[C@@H]1O[C@H](COP(=O)(O)CP(=O)(O)OCC2=C(O)[C@@H](O)[C@H](O)O2)[C@@H](O)[C@H]1O. The number of imidazole rings is 1. The maximum Gasteiger partial charge on any atom is 0.340 e. The van der Waals surface area contributed by atoms with Crippen molar-refractivity contribution in [1.82, 2.24) is 19.5 Å². The van der Waals surface area contributed by atoms with Crippen molar-refractivity contribution >= 4 is 32.2 Å². The Morgan fingerprint density at radius 3 is 2.42 bits per heavy atom. The van der Waals surface area contributed by atoms with E-state index in [1.165, 1.54) is 10.9 Å². The van der Waals surface area contributed by atoms with Crippen LogP contribution in [0.4, 0.5) is 5.82 Å². The van der Waals surface area contributed by atoms with Crippen LogP contribution in [0.5, 0.6) is 0 Å². The molecule has 0 saturated carbocycles. The van der Waals surface area contributed by atoms with Crippen LogP contribution in [0, 0.1) is 0 Å². The molecule has 0 spiro atoms. The van der Waals surface area contributed by atoms with Gasteiger partial charge in [0.1, 0.15) is 36.8 Å². The number of aromatic nitrogens is 4. The number of ether oxygens (including phenoxy) is 2. The summed E-state index contributed by atoms with van der Waals surface area (Å²) >= 11 is 0. The first kappa shape index (κ1) is 26.8. The third-order valence-electron chi connectivity index (χ3n) is 5.29. The average molecular weight is 555 g/mol. The number of aliphatic hydroxyl groups is 5. The molecule has 4 heterocycles. The van der Waals surface area contributed by atoms with E-state index in [2.05, 4.69) is 24.2 Å². The van der Waals surface area contributed by atoms with Crippen LogP contribution in [0.1, 0.15) is 6.23 Å². The van der Waals surface area contributed by atoms with Gasteiger partial charge in [-0.05, 0) is 0 Å². The van der Waals surface area contributed by atoms with Crippen molar-refractivity contribution in [1.29, 1.82) is 0 Å². The van der Waals surface area contributed by atoms with Gasteiger partial charge in [0.05, 0.1) is 12.9 Å². The largest absolute Gasteiger partial charge is 0.506 e. The van der Waals surface area contributed by atoms with E-state index in [1.807, 2.05) is 0 Å². The summed E-state index contributed by atoms with van der Waals surface area (Å²) in [5.41, 5.74) is 6.14. The number of anilines is 1. The summed E-state index contributed by atoms with van der Waals surface area (Å²) in [6, 6.07) is 0. The van der Waals surface area contributed by atoms with E-state index in [9.17, 15) is 44.4 Å². The Labute approximate surface area is 201 Å². The molecule has 20 heteroatoms. The maximum absolute atomic E-state index is 12.4. The van der Waals surface area contributed by atoms with Crippen molar-refractivity contribution in [3.63, 3.8) is 0 Å². The van der Waals surface area contributed by atoms with Crippen LogP contribution in [-0.4, -0.2) is 105 Å². The summed E-state index contributed by atoms with van der Waals surface area (Å²) in [6.45, 7) is -1.67. The van der Waals surface area contributed by atoms with E-state index in [-0.39, 0.29) is 17.0 Å². The van der Waals surface area contributed by atoms with E-state index >= 15 is 0 Å². The third kappa shape index (κ3) is 5.39. The first-order valence-corrected chi connectivity index (χ1v) is 13.6. The predicted octanol–water partition coefficient (Wildman–Crippen LogP) is -2.13. The highest BCUT2D eigenvalue weighted by Gasteiger charge is 2.46. The number of hydrogen-bond acceptors (Lipinski definition) is 15. The topological polar surface area (TPSA) is 282 Å². The van der Waals surface area contributed by atoms with Crippen LogP contribution in [0.15, 0.2) is 24.2 Å². The fourth-order valence-corrected chi connectivity index (χ4v) is 6.65. The lowest BCUT2D eigenvalue weighted by Gasteiger charge is -2.20. The molecule has 4 rings (SSSR count). The third-order valence-corrected chi connectivity index (χ3v) is 9.24. The molecule has 2 aromatic rings. The summed E-state index contributed by atoms with van der Waals surface area (Å²) in [5, 5.41) is 48.9. The number of fused-ring (bicyclic) bond motifs is 1. The summed E-state index contributed by atoms with van der Waals surface area (Å²) in [5.74, 6) is -2.69. The van der Waals surface area contributed by atoms with Crippen molar-refractivity contribution < 1.29 is 63.0 Å². The Balaban J connectivity index is 1.35. The lowest BCUT2D eigenvalue weighted by atomic mass is 10.1. The highest BCUT2D eigenvalue weighted by atomic mass is 31.2. The molecule has 2 aliphatic heterocycles. The fraction of sp³-hybridized carbons (Fsp3) is 0.562. The van der Waals surface area contributed by atoms with Gasteiger partial charge in [0.2, 0.25) is 6.29 Å². The molecule has 200 valence electrons. The van der Waals surface area contributed by atoms with Crippen LogP contribution >= 0.6 is 15.2 Å². The standard InChI is InChI=1S/C16H23N5O13P2/c17-13-8-14(19-3-18-13)21(4-20-8)15-11(24)9(22)6(33-15)1-31-35(27,28)5-36(29,30)32-2-7-10(23)12(25)16(26)34-7/h3-4,6,9,11-12,15-16,22-26H,1-2,5H2,(H,27,28)(H,29,30)(H2,17,18,19)/t6-,9-,11-,12-,15-,16-/m1/s1. The number of nitrogens with zero attached hydrogens (tertiary/aromatic N) is 4. The number of rotatable bonds is 9. The lowest BCUT2D eigenvalue weighted by molar-refractivity contribution is -0.108. The smallest absolute Gasteiger partial charge is 0.340 e. The Morgan fingerprint density at radius 2 is 1.75 bits per heavy atom. The molecule has 0 aromatic carbocycles. The van der Waals surface area contributed by atoms with Crippen molar-refractivity contribution in [2.75, 3.05) is 24.9 Å². The minimum Gasteiger partial charge on any atom is -0.506 e. The molecule has 2 aliphatic rings. The summed E-state index contributed by atoms with van der Waals surface area (Å²) < 4.78 is 45.5. The van der Waals surface area contributed by atoms with Gasteiger partial charge in [0.15, 0.2) is 41.2 Å². The second-order valence-electron chi connectivity index (χ2n) is 7.88. The van der Waals surface area contributed by atoms with Crippen LogP contribution in [0.25, 0.3) is 11.2 Å². The zero-order chi connectivity index (χ0) is 26.4. The van der Waals surface area contributed by atoms with Gasteiger partial charge in [-0.1, -0.05) is 0 Å². The van der Waals surface area contributed by atoms with Gasteiger partial charge in [-0.15, -0.1) is 0 Å². The van der Waals surface area contributed by atoms with Gasteiger partial charge in [-0.3, -0.25) is 18.2 Å². The summed E-state index contributed by atoms with van der Waals surface area (Å²) in [6.07, 6.45) is -6.87. The van der Waals surface area contributed by atoms with E-state index in [0.29, 0.717) is 0 Å². The average Bonchev–Trinajstić information content (AvgIpc) is 3.42. The molecule has 2 aromatic heterocycles. The zero-order valence-electron chi connectivity index (χ0n) is 18.1. The number of nitrogen functional groups attached to an aromatic ring is 1. The number of aliphatic hydroxyl groups excluding tert-OH is 5. The van der Waals surface area contributed by atoms with Crippen LogP contribution in [0.3, 0.4) is 0 Å². The molecular formula is C16H23N5O13P2. The quantitative estimate of drug-likeness (QED) is 0.153. The first-order chi connectivity index (χ1) is 16.8. The van der Waals surface area contributed by atoms with Gasteiger partial charge in [0.25, 0.3) is 0 Å². The molecule has 0 aliphatic carbocycles.